The molecule has 68 valence electrons. The maximum Gasteiger partial charge on any atom is 0.0925 e. The molecule has 0 aliphatic rings. The fourth-order valence-corrected chi connectivity index (χ4v) is 0.942. The van der Waals surface area contributed by atoms with Crippen molar-refractivity contribution >= 4 is 11.6 Å². The second-order valence-corrected chi connectivity index (χ2v) is 2.39. The molecule has 1 rings (SSSR count). The molecule has 0 aliphatic carbocycles. The summed E-state index contributed by atoms with van der Waals surface area (Å²) in [6, 6.07) is 9.38. The molecular formula is C10H15ClO. The van der Waals surface area contributed by atoms with Crippen LogP contribution in [0.2, 0.25) is 0 Å². The van der Waals surface area contributed by atoms with E-state index in [0.717, 1.165) is 5.56 Å². The second kappa shape index (κ2) is 7.14. The molecule has 1 N–H and O–H groups in total. The Morgan fingerprint density at radius 1 is 1.25 bits per heavy atom. The Labute approximate surface area is 79.0 Å². The number of hydrogen-bond acceptors (Lipinski definition) is 1. The third-order valence-electron chi connectivity index (χ3n) is 1.33. The van der Waals surface area contributed by atoms with E-state index in [-0.39, 0.29) is 5.88 Å². The van der Waals surface area contributed by atoms with Gasteiger partial charge in [0.2, 0.25) is 0 Å². The minimum atomic E-state index is -0.525. The lowest BCUT2D eigenvalue weighted by molar-refractivity contribution is 0.202. The van der Waals surface area contributed by atoms with E-state index in [1.165, 1.54) is 0 Å². The normalized spacial score (nSPS) is 11.3. The van der Waals surface area contributed by atoms with E-state index >= 15 is 0 Å². The first-order valence-electron chi connectivity index (χ1n) is 4.13. The molecule has 1 nitrogen and oxygen atoms in total. The number of aliphatic hydroxyl groups is 1. The van der Waals surface area contributed by atoms with Gasteiger partial charge in [0.1, 0.15) is 0 Å². The minimum absolute atomic E-state index is 0.254. The zero-order valence-corrected chi connectivity index (χ0v) is 8.25. The molecule has 0 fully saturated rings. The average Bonchev–Trinajstić information content (AvgIpc) is 2.21. The Bertz CT molecular complexity index is 186. The molecule has 0 aromatic heterocycles. The van der Waals surface area contributed by atoms with Crippen molar-refractivity contribution in [1.29, 1.82) is 0 Å². The van der Waals surface area contributed by atoms with Gasteiger partial charge in [-0.15, -0.1) is 11.6 Å². The summed E-state index contributed by atoms with van der Waals surface area (Å²) >= 11 is 5.44. The fourth-order valence-electron chi connectivity index (χ4n) is 0.764. The van der Waals surface area contributed by atoms with E-state index in [1.807, 2.05) is 44.2 Å². The van der Waals surface area contributed by atoms with Crippen LogP contribution in [0.3, 0.4) is 0 Å². The molecule has 1 aromatic carbocycles. The molecule has 0 saturated carbocycles. The van der Waals surface area contributed by atoms with Crippen LogP contribution in [0.5, 0.6) is 0 Å². The van der Waals surface area contributed by atoms with Gasteiger partial charge >= 0.3 is 0 Å². The summed E-state index contributed by atoms with van der Waals surface area (Å²) in [6.07, 6.45) is -0.525. The van der Waals surface area contributed by atoms with Crippen molar-refractivity contribution < 1.29 is 5.11 Å². The predicted octanol–water partition coefficient (Wildman–Crippen LogP) is 2.99. The largest absolute Gasteiger partial charge is 0.387 e. The Morgan fingerprint density at radius 3 is 2.17 bits per heavy atom. The number of hydrogen-bond donors (Lipinski definition) is 1. The number of alkyl halides is 1. The highest BCUT2D eigenvalue weighted by molar-refractivity contribution is 6.18. The molecule has 2 heteroatoms. The molecule has 0 saturated heterocycles. The summed E-state index contributed by atoms with van der Waals surface area (Å²) in [5, 5.41) is 9.20. The lowest BCUT2D eigenvalue weighted by Gasteiger charge is -2.04. The first kappa shape index (κ1) is 11.5. The van der Waals surface area contributed by atoms with Gasteiger partial charge in [0.15, 0.2) is 0 Å². The Balaban J connectivity index is 0.000000561. The van der Waals surface area contributed by atoms with Gasteiger partial charge in [-0.3, -0.25) is 0 Å². The van der Waals surface area contributed by atoms with Crippen LogP contribution in [-0.4, -0.2) is 11.0 Å². The zero-order chi connectivity index (χ0) is 9.40. The highest BCUT2D eigenvalue weighted by Gasteiger charge is 2.02. The molecule has 1 aromatic rings. The summed E-state index contributed by atoms with van der Waals surface area (Å²) in [5.41, 5.74) is 0.873. The van der Waals surface area contributed by atoms with Gasteiger partial charge in [0.05, 0.1) is 12.0 Å². The first-order chi connectivity index (χ1) is 5.84. The van der Waals surface area contributed by atoms with Gasteiger partial charge in [-0.25, -0.2) is 0 Å². The number of benzene rings is 1. The predicted molar refractivity (Wildman–Crippen MR) is 53.5 cm³/mol. The maximum atomic E-state index is 9.20. The molecule has 0 bridgehead atoms. The molecule has 0 heterocycles. The molecule has 0 aliphatic heterocycles. The molecule has 0 spiro atoms. The van der Waals surface area contributed by atoms with Gasteiger partial charge in [-0.05, 0) is 5.56 Å². The third kappa shape index (κ3) is 3.74. The summed E-state index contributed by atoms with van der Waals surface area (Å²) in [7, 11) is 0. The highest BCUT2D eigenvalue weighted by atomic mass is 35.5. The van der Waals surface area contributed by atoms with E-state index in [9.17, 15) is 5.11 Å². The van der Waals surface area contributed by atoms with Crippen molar-refractivity contribution in [3.8, 4) is 0 Å². The summed E-state index contributed by atoms with van der Waals surface area (Å²) in [4.78, 5) is 0. The van der Waals surface area contributed by atoms with Crippen LogP contribution >= 0.6 is 11.6 Å². The average molecular weight is 187 g/mol. The molecule has 0 amide bonds. The first-order valence-corrected chi connectivity index (χ1v) is 4.67. The Hall–Kier alpha value is -0.530. The molecule has 12 heavy (non-hydrogen) atoms. The zero-order valence-electron chi connectivity index (χ0n) is 7.50. The maximum absolute atomic E-state index is 9.20. The van der Waals surface area contributed by atoms with E-state index in [0.29, 0.717) is 0 Å². The van der Waals surface area contributed by atoms with E-state index in [1.54, 1.807) is 0 Å². The molecule has 1 atom stereocenters. The van der Waals surface area contributed by atoms with Crippen LogP contribution in [0.25, 0.3) is 0 Å². The van der Waals surface area contributed by atoms with Gasteiger partial charge in [-0.2, -0.15) is 0 Å². The Morgan fingerprint density at radius 2 is 1.75 bits per heavy atom. The van der Waals surface area contributed by atoms with Gasteiger partial charge in [0, 0.05) is 0 Å². The monoisotopic (exact) mass is 186 g/mol. The smallest absolute Gasteiger partial charge is 0.0925 e. The fraction of sp³-hybridized carbons (Fsp3) is 0.400. The molecule has 0 radical (unpaired) electrons. The van der Waals surface area contributed by atoms with Crippen molar-refractivity contribution in [1.82, 2.24) is 0 Å². The van der Waals surface area contributed by atoms with Crippen LogP contribution in [0.4, 0.5) is 0 Å². The molecular weight excluding hydrogens is 172 g/mol. The summed E-state index contributed by atoms with van der Waals surface area (Å²) < 4.78 is 0. The number of aliphatic hydroxyl groups excluding tert-OH is 1. The lowest BCUT2D eigenvalue weighted by Crippen LogP contribution is -1.96. The van der Waals surface area contributed by atoms with Crippen molar-refractivity contribution in [3.05, 3.63) is 35.9 Å². The lowest BCUT2D eigenvalue weighted by atomic mass is 10.1. The van der Waals surface area contributed by atoms with Gasteiger partial charge < -0.3 is 5.11 Å². The van der Waals surface area contributed by atoms with Gasteiger partial charge in [0.25, 0.3) is 0 Å². The topological polar surface area (TPSA) is 20.2 Å². The standard InChI is InChI=1S/C8H9ClO.C2H6/c9-6-8(10)7-4-2-1-3-5-7;1-2/h1-5,8,10H,6H2;1-2H3. The third-order valence-corrected chi connectivity index (χ3v) is 1.62. The van der Waals surface area contributed by atoms with Crippen LogP contribution in [0.15, 0.2) is 30.3 Å². The van der Waals surface area contributed by atoms with Crippen molar-refractivity contribution in [2.75, 3.05) is 5.88 Å². The van der Waals surface area contributed by atoms with Crippen LogP contribution in [-0.2, 0) is 0 Å². The quantitative estimate of drug-likeness (QED) is 0.705. The Kier molecular flexibility index (Phi) is 6.82. The second-order valence-electron chi connectivity index (χ2n) is 2.08. The minimum Gasteiger partial charge on any atom is -0.387 e. The summed E-state index contributed by atoms with van der Waals surface area (Å²) in [5.74, 6) is 0.254. The van der Waals surface area contributed by atoms with Crippen LogP contribution < -0.4 is 0 Å². The van der Waals surface area contributed by atoms with Crippen molar-refractivity contribution in [3.63, 3.8) is 0 Å². The SMILES string of the molecule is CC.OC(CCl)c1ccccc1. The number of rotatable bonds is 2. The van der Waals surface area contributed by atoms with E-state index in [4.69, 9.17) is 11.6 Å². The van der Waals surface area contributed by atoms with E-state index < -0.39 is 6.10 Å². The summed E-state index contributed by atoms with van der Waals surface area (Å²) in [6.45, 7) is 4.00. The van der Waals surface area contributed by atoms with E-state index in [2.05, 4.69) is 0 Å². The molecule has 1 unspecified atom stereocenters. The highest BCUT2D eigenvalue weighted by Crippen LogP contribution is 2.12. The van der Waals surface area contributed by atoms with Crippen LogP contribution in [0.1, 0.15) is 25.5 Å². The van der Waals surface area contributed by atoms with Crippen LogP contribution in [0, 0.1) is 0 Å². The van der Waals surface area contributed by atoms with Gasteiger partial charge in [-0.1, -0.05) is 44.2 Å². The van der Waals surface area contributed by atoms with Crippen molar-refractivity contribution in [2.45, 2.75) is 20.0 Å². The number of halogens is 1. The van der Waals surface area contributed by atoms with Crippen molar-refractivity contribution in [2.24, 2.45) is 0 Å².